The molecule has 26 heavy (non-hydrogen) atoms. The van der Waals surface area contributed by atoms with Crippen molar-refractivity contribution in [1.29, 1.82) is 0 Å². The van der Waals surface area contributed by atoms with E-state index in [9.17, 15) is 18.0 Å². The van der Waals surface area contributed by atoms with Crippen LogP contribution in [-0.4, -0.2) is 31.8 Å². The zero-order chi connectivity index (χ0) is 19.2. The van der Waals surface area contributed by atoms with Crippen LogP contribution in [0.1, 0.15) is 22.3 Å². The molecule has 0 fully saturated rings. The van der Waals surface area contributed by atoms with E-state index >= 15 is 0 Å². The molecule has 0 aliphatic heterocycles. The maximum atomic E-state index is 12.3. The molecule has 0 bridgehead atoms. The number of carboxylic acid groups (broad SMARTS) is 1. The molecule has 0 saturated carbocycles. The van der Waals surface area contributed by atoms with Crippen LogP contribution in [0.3, 0.4) is 0 Å². The number of rotatable bonds is 8. The number of benzene rings is 2. The Labute approximate surface area is 156 Å². The van der Waals surface area contributed by atoms with E-state index in [0.29, 0.717) is 5.02 Å². The van der Waals surface area contributed by atoms with Gasteiger partial charge in [0, 0.05) is 17.1 Å². The molecular formula is C18H16ClNO5S. The maximum Gasteiger partial charge on any atom is 0.304 e. The number of ketones is 1. The zero-order valence-corrected chi connectivity index (χ0v) is 15.1. The summed E-state index contributed by atoms with van der Waals surface area (Å²) in [5, 5.41) is 9.16. The molecule has 0 saturated heterocycles. The van der Waals surface area contributed by atoms with E-state index in [1.54, 1.807) is 30.3 Å². The lowest BCUT2D eigenvalue weighted by molar-refractivity contribution is -0.136. The van der Waals surface area contributed by atoms with Crippen LogP contribution in [0, 0.1) is 0 Å². The molecule has 0 spiro atoms. The standard InChI is InChI=1S/C18H16ClNO5S/c19-15-7-4-13(5-8-15)6-9-17(21)14-2-1-3-16(12-14)26(24,25)20-11-10-18(22)23/h1-9,12,20H,10-11H2,(H,22,23)/b9-6-. The predicted molar refractivity (Wildman–Crippen MR) is 98.7 cm³/mol. The van der Waals surface area contributed by atoms with Crippen molar-refractivity contribution in [2.24, 2.45) is 0 Å². The molecular weight excluding hydrogens is 378 g/mol. The highest BCUT2D eigenvalue weighted by molar-refractivity contribution is 7.89. The Morgan fingerprint density at radius 1 is 1.12 bits per heavy atom. The van der Waals surface area contributed by atoms with Gasteiger partial charge in [-0.25, -0.2) is 13.1 Å². The third kappa shape index (κ3) is 5.80. The van der Waals surface area contributed by atoms with Crippen molar-refractivity contribution in [2.45, 2.75) is 11.3 Å². The minimum absolute atomic E-state index is 0.103. The van der Waals surface area contributed by atoms with Gasteiger partial charge in [0.05, 0.1) is 11.3 Å². The molecule has 8 heteroatoms. The van der Waals surface area contributed by atoms with Crippen molar-refractivity contribution in [3.63, 3.8) is 0 Å². The molecule has 6 nitrogen and oxygen atoms in total. The molecule has 0 atom stereocenters. The number of halogens is 1. The fraction of sp³-hybridized carbons (Fsp3) is 0.111. The third-order valence-corrected chi connectivity index (χ3v) is 5.07. The second kappa shape index (κ2) is 8.75. The van der Waals surface area contributed by atoms with E-state index < -0.39 is 16.0 Å². The number of nitrogens with one attached hydrogen (secondary N) is 1. The van der Waals surface area contributed by atoms with Gasteiger partial charge in [-0.15, -0.1) is 0 Å². The first-order valence-electron chi connectivity index (χ1n) is 7.57. The fourth-order valence-corrected chi connectivity index (χ4v) is 3.24. The number of carbonyl (C=O) groups excluding carboxylic acids is 1. The number of hydrogen-bond donors (Lipinski definition) is 2. The van der Waals surface area contributed by atoms with E-state index in [1.807, 2.05) is 0 Å². The van der Waals surface area contributed by atoms with Crippen LogP contribution in [0.2, 0.25) is 5.02 Å². The lowest BCUT2D eigenvalue weighted by Gasteiger charge is -2.06. The van der Waals surface area contributed by atoms with Crippen LogP contribution in [0.25, 0.3) is 6.08 Å². The average molecular weight is 394 g/mol. The summed E-state index contributed by atoms with van der Waals surface area (Å²) in [5.74, 6) is -1.47. The van der Waals surface area contributed by atoms with Gasteiger partial charge in [-0.3, -0.25) is 9.59 Å². The van der Waals surface area contributed by atoms with Gasteiger partial charge in [-0.05, 0) is 35.9 Å². The summed E-state index contributed by atoms with van der Waals surface area (Å²) >= 11 is 5.80. The van der Waals surface area contributed by atoms with Gasteiger partial charge in [-0.2, -0.15) is 0 Å². The number of hydrogen-bond acceptors (Lipinski definition) is 4. The van der Waals surface area contributed by atoms with Gasteiger partial charge in [0.2, 0.25) is 10.0 Å². The first-order chi connectivity index (χ1) is 12.3. The van der Waals surface area contributed by atoms with Crippen LogP contribution >= 0.6 is 11.6 Å². The van der Waals surface area contributed by atoms with E-state index in [-0.39, 0.29) is 29.2 Å². The second-order valence-corrected chi connectivity index (χ2v) is 7.52. The maximum absolute atomic E-state index is 12.3. The fourth-order valence-electron chi connectivity index (χ4n) is 2.03. The van der Waals surface area contributed by atoms with Crippen LogP contribution in [0.5, 0.6) is 0 Å². The highest BCUT2D eigenvalue weighted by atomic mass is 35.5. The summed E-state index contributed by atoms with van der Waals surface area (Å²) in [6.07, 6.45) is 2.61. The van der Waals surface area contributed by atoms with Crippen LogP contribution in [0.4, 0.5) is 0 Å². The molecule has 2 aromatic rings. The van der Waals surface area contributed by atoms with Crippen molar-refractivity contribution in [3.8, 4) is 0 Å². The topological polar surface area (TPSA) is 101 Å². The molecule has 0 unspecified atom stereocenters. The smallest absolute Gasteiger partial charge is 0.304 e. The normalized spacial score (nSPS) is 11.6. The molecule has 2 N–H and O–H groups in total. The van der Waals surface area contributed by atoms with Gasteiger partial charge in [-0.1, -0.05) is 41.9 Å². The molecule has 0 radical (unpaired) electrons. The Balaban J connectivity index is 2.13. The zero-order valence-electron chi connectivity index (χ0n) is 13.6. The van der Waals surface area contributed by atoms with E-state index in [4.69, 9.17) is 16.7 Å². The van der Waals surface area contributed by atoms with Crippen LogP contribution < -0.4 is 4.72 Å². The summed E-state index contributed by atoms with van der Waals surface area (Å²) < 4.78 is 26.5. The molecule has 0 aliphatic carbocycles. The lowest BCUT2D eigenvalue weighted by atomic mass is 10.1. The van der Waals surface area contributed by atoms with E-state index in [0.717, 1.165) is 5.56 Å². The minimum Gasteiger partial charge on any atom is -0.481 e. The Morgan fingerprint density at radius 2 is 1.81 bits per heavy atom. The summed E-state index contributed by atoms with van der Waals surface area (Å²) in [6.45, 7) is -0.230. The van der Waals surface area contributed by atoms with Gasteiger partial charge in [0.1, 0.15) is 0 Å². The summed E-state index contributed by atoms with van der Waals surface area (Å²) in [4.78, 5) is 22.6. The summed E-state index contributed by atoms with van der Waals surface area (Å²) in [5.41, 5.74) is 0.984. The van der Waals surface area contributed by atoms with Crippen molar-refractivity contribution < 1.29 is 23.1 Å². The monoisotopic (exact) mass is 393 g/mol. The molecule has 2 rings (SSSR count). The number of allylic oxidation sites excluding steroid dienone is 1. The molecule has 0 aliphatic rings. The van der Waals surface area contributed by atoms with Crippen molar-refractivity contribution >= 4 is 39.5 Å². The third-order valence-electron chi connectivity index (χ3n) is 3.36. The summed E-state index contributed by atoms with van der Waals surface area (Å²) in [7, 11) is -3.89. The van der Waals surface area contributed by atoms with Gasteiger partial charge in [0.25, 0.3) is 0 Å². The van der Waals surface area contributed by atoms with Crippen molar-refractivity contribution in [2.75, 3.05) is 6.54 Å². The van der Waals surface area contributed by atoms with Crippen LogP contribution in [-0.2, 0) is 14.8 Å². The van der Waals surface area contributed by atoms with E-state index in [1.165, 1.54) is 30.3 Å². The number of carbonyl (C=O) groups is 2. The van der Waals surface area contributed by atoms with Crippen LogP contribution in [0.15, 0.2) is 59.5 Å². The molecule has 2 aromatic carbocycles. The quantitative estimate of drug-likeness (QED) is 0.530. The van der Waals surface area contributed by atoms with Gasteiger partial charge in [0.15, 0.2) is 5.78 Å². The molecule has 0 aromatic heterocycles. The number of sulfonamides is 1. The predicted octanol–water partition coefficient (Wildman–Crippen LogP) is 2.99. The molecule has 136 valence electrons. The Kier molecular flexibility index (Phi) is 6.68. The lowest BCUT2D eigenvalue weighted by Crippen LogP contribution is -2.26. The van der Waals surface area contributed by atoms with Crippen molar-refractivity contribution in [3.05, 3.63) is 70.8 Å². The molecule has 0 amide bonds. The van der Waals surface area contributed by atoms with Crippen molar-refractivity contribution in [1.82, 2.24) is 4.72 Å². The number of carboxylic acids is 1. The number of aliphatic carboxylic acids is 1. The average Bonchev–Trinajstić information content (AvgIpc) is 2.60. The second-order valence-electron chi connectivity index (χ2n) is 5.32. The van der Waals surface area contributed by atoms with Gasteiger partial charge >= 0.3 is 5.97 Å². The minimum atomic E-state index is -3.89. The Morgan fingerprint density at radius 3 is 2.46 bits per heavy atom. The first kappa shape index (κ1) is 19.8. The van der Waals surface area contributed by atoms with E-state index in [2.05, 4.69) is 4.72 Å². The summed E-state index contributed by atoms with van der Waals surface area (Å²) in [6, 6.07) is 12.4. The highest BCUT2D eigenvalue weighted by Crippen LogP contribution is 2.14. The Bertz CT molecular complexity index is 936. The van der Waals surface area contributed by atoms with Gasteiger partial charge < -0.3 is 5.11 Å². The molecule has 0 heterocycles. The largest absolute Gasteiger partial charge is 0.481 e. The Hall–Kier alpha value is -2.48. The first-order valence-corrected chi connectivity index (χ1v) is 9.43. The highest BCUT2D eigenvalue weighted by Gasteiger charge is 2.15. The SMILES string of the molecule is O=C(O)CCNS(=O)(=O)c1cccc(C(=O)/C=C\c2ccc(Cl)cc2)c1.